The van der Waals surface area contributed by atoms with Crippen LogP contribution in [-0.2, 0) is 20.6 Å². The van der Waals surface area contributed by atoms with Gasteiger partial charge in [-0.05, 0) is 41.7 Å². The summed E-state index contributed by atoms with van der Waals surface area (Å²) in [4.78, 5) is 12.7. The maximum absolute atomic E-state index is 12.7. The van der Waals surface area contributed by atoms with Crippen molar-refractivity contribution in [1.29, 1.82) is 0 Å². The average molecular weight is 451 g/mol. The molecule has 31 heavy (non-hydrogen) atoms. The predicted molar refractivity (Wildman–Crippen MR) is 132 cm³/mol. The molecule has 0 aliphatic rings. The third-order valence-corrected chi connectivity index (χ3v) is 11.6. The third-order valence-electron chi connectivity index (χ3n) is 6.96. The number of methoxy groups -OCH3 is 1. The summed E-state index contributed by atoms with van der Waals surface area (Å²) in [6.45, 7) is 17.9. The fraction of sp³-hybridized carbons (Fsp3) is 0.731. The van der Waals surface area contributed by atoms with Crippen LogP contribution in [0.25, 0.3) is 0 Å². The maximum Gasteiger partial charge on any atom is 0.192 e. The van der Waals surface area contributed by atoms with Crippen molar-refractivity contribution in [2.75, 3.05) is 7.11 Å². The molecular weight excluding hydrogens is 404 g/mol. The van der Waals surface area contributed by atoms with E-state index in [0.29, 0.717) is 18.9 Å². The first kappa shape index (κ1) is 27.9. The molecular formula is C26H46O4Si. The van der Waals surface area contributed by atoms with Crippen LogP contribution >= 0.6 is 0 Å². The molecule has 0 fully saturated rings. The summed E-state index contributed by atoms with van der Waals surface area (Å²) in [5.41, 5.74) is 1.12. The van der Waals surface area contributed by atoms with Gasteiger partial charge in [-0.15, -0.1) is 0 Å². The van der Waals surface area contributed by atoms with Crippen LogP contribution in [0.1, 0.15) is 67.4 Å². The van der Waals surface area contributed by atoms with Gasteiger partial charge in [0.2, 0.25) is 0 Å². The van der Waals surface area contributed by atoms with E-state index >= 15 is 0 Å². The molecule has 0 bridgehead atoms. The smallest absolute Gasteiger partial charge is 0.192 e. The molecule has 0 unspecified atom stereocenters. The molecule has 0 spiro atoms. The number of ketones is 1. The Bertz CT molecular complexity index is 631. The summed E-state index contributed by atoms with van der Waals surface area (Å²) in [6, 6.07) is 11.2. The number of hydrogen-bond donors (Lipinski definition) is 0. The topological polar surface area (TPSA) is 44.8 Å². The fourth-order valence-corrected chi connectivity index (χ4v) is 7.51. The number of benzene rings is 1. The zero-order valence-corrected chi connectivity index (χ0v) is 22.4. The van der Waals surface area contributed by atoms with Crippen molar-refractivity contribution in [3.63, 3.8) is 0 Å². The molecule has 0 heterocycles. The summed E-state index contributed by atoms with van der Waals surface area (Å²) in [7, 11) is -0.191. The van der Waals surface area contributed by atoms with Crippen LogP contribution in [0.5, 0.6) is 5.75 Å². The van der Waals surface area contributed by atoms with Crippen molar-refractivity contribution in [2.24, 2.45) is 17.8 Å². The number of rotatable bonds is 15. The molecule has 0 aliphatic carbocycles. The molecule has 0 aromatic heterocycles. The van der Waals surface area contributed by atoms with Crippen LogP contribution < -0.4 is 4.74 Å². The third kappa shape index (κ3) is 7.72. The minimum atomic E-state index is -1.86. The highest BCUT2D eigenvalue weighted by Gasteiger charge is 2.41. The van der Waals surface area contributed by atoms with Crippen molar-refractivity contribution < 1.29 is 18.7 Å². The summed E-state index contributed by atoms with van der Waals surface area (Å²) in [5.74, 6) is 1.45. The highest BCUT2D eigenvalue weighted by molar-refractivity contribution is 6.73. The highest BCUT2D eigenvalue weighted by atomic mass is 28.4. The van der Waals surface area contributed by atoms with Gasteiger partial charge in [-0.25, -0.2) is 0 Å². The van der Waals surface area contributed by atoms with E-state index in [1.165, 1.54) is 0 Å². The van der Waals surface area contributed by atoms with E-state index in [2.05, 4.69) is 41.5 Å². The van der Waals surface area contributed by atoms with Gasteiger partial charge in [0.25, 0.3) is 0 Å². The molecule has 4 nitrogen and oxygen atoms in total. The van der Waals surface area contributed by atoms with E-state index in [1.807, 2.05) is 38.1 Å². The minimum absolute atomic E-state index is 0.0106. The second-order valence-electron chi connectivity index (χ2n) is 9.16. The van der Waals surface area contributed by atoms with Crippen LogP contribution in [0.4, 0.5) is 0 Å². The van der Waals surface area contributed by atoms with Crippen LogP contribution in [0.2, 0.25) is 18.1 Å². The second kappa shape index (κ2) is 13.4. The molecule has 1 rings (SSSR count). The Kier molecular flexibility index (Phi) is 12.0. The van der Waals surface area contributed by atoms with Gasteiger partial charge in [0.1, 0.15) is 11.5 Å². The monoisotopic (exact) mass is 450 g/mol. The van der Waals surface area contributed by atoms with Gasteiger partial charge in [0, 0.05) is 18.3 Å². The first-order valence-corrected chi connectivity index (χ1v) is 14.7. The standard InChI is InChI=1S/C26H46O4Si/c1-10-24(27)20(7)26(30-31(11-2,12-3)13-4)21(8)25(19(5)6)29-18-22-14-16-23(28-9)17-15-22/h14-17,19-21,25-26H,10-13,18H2,1-9H3/t20-,21+,25+,26-/m1/s1. The van der Waals surface area contributed by atoms with Gasteiger partial charge in [-0.1, -0.05) is 67.5 Å². The Morgan fingerprint density at radius 2 is 1.45 bits per heavy atom. The average Bonchev–Trinajstić information content (AvgIpc) is 2.79. The van der Waals surface area contributed by atoms with Gasteiger partial charge in [-0.3, -0.25) is 4.79 Å². The van der Waals surface area contributed by atoms with E-state index in [0.717, 1.165) is 29.4 Å². The highest BCUT2D eigenvalue weighted by Crippen LogP contribution is 2.33. The Morgan fingerprint density at radius 3 is 1.87 bits per heavy atom. The minimum Gasteiger partial charge on any atom is -0.497 e. The lowest BCUT2D eigenvalue weighted by Crippen LogP contribution is -2.49. The molecule has 178 valence electrons. The van der Waals surface area contributed by atoms with Gasteiger partial charge < -0.3 is 13.9 Å². The second-order valence-corrected chi connectivity index (χ2v) is 13.9. The Balaban J connectivity index is 3.11. The number of carbonyl (C=O) groups is 1. The summed E-state index contributed by atoms with van der Waals surface area (Å²) in [6.07, 6.45) is 0.449. The zero-order valence-electron chi connectivity index (χ0n) is 21.4. The quantitative estimate of drug-likeness (QED) is 0.273. The Labute approximate surface area is 192 Å². The van der Waals surface area contributed by atoms with Crippen LogP contribution in [0.3, 0.4) is 0 Å². The molecule has 1 aromatic rings. The van der Waals surface area contributed by atoms with E-state index in [9.17, 15) is 4.79 Å². The summed E-state index contributed by atoms with van der Waals surface area (Å²) >= 11 is 0. The first-order chi connectivity index (χ1) is 14.7. The van der Waals surface area contributed by atoms with Gasteiger partial charge in [0.05, 0.1) is 25.9 Å². The van der Waals surface area contributed by atoms with Crippen molar-refractivity contribution in [2.45, 2.75) is 98.8 Å². The molecule has 0 aliphatic heterocycles. The number of hydrogen-bond acceptors (Lipinski definition) is 4. The lowest BCUT2D eigenvalue weighted by Gasteiger charge is -2.42. The zero-order chi connectivity index (χ0) is 23.6. The van der Waals surface area contributed by atoms with E-state index in [-0.39, 0.29) is 29.8 Å². The number of carbonyl (C=O) groups excluding carboxylic acids is 1. The number of ether oxygens (including phenoxy) is 2. The van der Waals surface area contributed by atoms with Crippen molar-refractivity contribution in [1.82, 2.24) is 0 Å². The fourth-order valence-electron chi connectivity index (χ4n) is 4.51. The van der Waals surface area contributed by atoms with Crippen molar-refractivity contribution in [3.05, 3.63) is 29.8 Å². The van der Waals surface area contributed by atoms with Crippen LogP contribution in [-0.4, -0.2) is 33.4 Å². The summed E-state index contributed by atoms with van der Waals surface area (Å²) < 4.78 is 18.7. The van der Waals surface area contributed by atoms with Crippen LogP contribution in [0, 0.1) is 17.8 Å². The van der Waals surface area contributed by atoms with Crippen molar-refractivity contribution >= 4 is 14.1 Å². The molecule has 0 radical (unpaired) electrons. The van der Waals surface area contributed by atoms with E-state index in [1.54, 1.807) is 7.11 Å². The van der Waals surface area contributed by atoms with E-state index < -0.39 is 8.32 Å². The van der Waals surface area contributed by atoms with Gasteiger partial charge >= 0.3 is 0 Å². The molecule has 1 aromatic carbocycles. The normalized spacial score (nSPS) is 16.1. The molecule has 4 atom stereocenters. The molecule has 0 N–H and O–H groups in total. The molecule has 0 amide bonds. The summed E-state index contributed by atoms with van der Waals surface area (Å²) in [5, 5.41) is 0. The maximum atomic E-state index is 12.7. The Hall–Kier alpha value is -1.17. The lowest BCUT2D eigenvalue weighted by atomic mass is 9.82. The number of Topliss-reactive ketones (excluding diaryl/α,β-unsaturated/α-hetero) is 1. The van der Waals surface area contributed by atoms with E-state index in [4.69, 9.17) is 13.9 Å². The van der Waals surface area contributed by atoms with Crippen LogP contribution in [0.15, 0.2) is 24.3 Å². The molecule has 0 saturated heterocycles. The molecule has 0 saturated carbocycles. The first-order valence-electron chi connectivity index (χ1n) is 12.1. The van der Waals surface area contributed by atoms with Crippen molar-refractivity contribution in [3.8, 4) is 5.75 Å². The van der Waals surface area contributed by atoms with Gasteiger partial charge in [0.15, 0.2) is 8.32 Å². The lowest BCUT2D eigenvalue weighted by molar-refractivity contribution is -0.129. The Morgan fingerprint density at radius 1 is 0.903 bits per heavy atom. The predicted octanol–water partition coefficient (Wildman–Crippen LogP) is 6.88. The largest absolute Gasteiger partial charge is 0.497 e. The SMILES string of the molecule is CCC(=O)[C@@H](C)[C@@H](O[Si](CC)(CC)CC)[C@@H](C)[C@@H](OCc1ccc(OC)cc1)C(C)C. The molecule has 5 heteroatoms. The van der Waals surface area contributed by atoms with Gasteiger partial charge in [-0.2, -0.15) is 0 Å².